The Balaban J connectivity index is 1.61. The highest BCUT2D eigenvalue weighted by molar-refractivity contribution is 7.09. The Labute approximate surface area is 127 Å². The zero-order chi connectivity index (χ0) is 14.8. The van der Waals surface area contributed by atoms with Crippen molar-refractivity contribution in [2.45, 2.75) is 32.0 Å². The van der Waals surface area contributed by atoms with Gasteiger partial charge < -0.3 is 15.7 Å². The molecule has 2 aromatic rings. The Bertz CT molecular complexity index is 656. The van der Waals surface area contributed by atoms with Crippen LogP contribution < -0.4 is 10.6 Å². The second kappa shape index (κ2) is 5.83. The van der Waals surface area contributed by atoms with Crippen LogP contribution in [0.3, 0.4) is 0 Å². The van der Waals surface area contributed by atoms with Crippen LogP contribution in [0.1, 0.15) is 27.7 Å². The summed E-state index contributed by atoms with van der Waals surface area (Å²) in [6.07, 6.45) is 0.00742. The van der Waals surface area contributed by atoms with Crippen LogP contribution in [-0.2, 0) is 13.0 Å². The average Bonchev–Trinajstić information content (AvgIpc) is 3.01. The first-order valence-corrected chi connectivity index (χ1v) is 7.72. The lowest BCUT2D eigenvalue weighted by Gasteiger charge is -2.18. The van der Waals surface area contributed by atoms with E-state index < -0.39 is 6.10 Å². The maximum Gasteiger partial charge on any atom is 0.315 e. The normalized spacial score (nSPS) is 20.1. The number of carbonyl (C=O) groups excluding carboxylic acids is 1. The molecule has 110 valence electrons. The van der Waals surface area contributed by atoms with E-state index >= 15 is 0 Å². The van der Waals surface area contributed by atoms with Crippen molar-refractivity contribution < 1.29 is 9.90 Å². The largest absolute Gasteiger partial charge is 0.390 e. The van der Waals surface area contributed by atoms with E-state index in [4.69, 9.17) is 0 Å². The van der Waals surface area contributed by atoms with Gasteiger partial charge in [0.2, 0.25) is 0 Å². The number of hydrogen-bond donors (Lipinski definition) is 3. The molecular formula is C15H17N3O2S. The van der Waals surface area contributed by atoms with Gasteiger partial charge in [-0.1, -0.05) is 24.3 Å². The number of rotatable bonds is 3. The molecule has 0 spiro atoms. The molecule has 0 aliphatic heterocycles. The fourth-order valence-corrected chi connectivity index (χ4v) is 3.31. The van der Waals surface area contributed by atoms with Gasteiger partial charge in [-0.2, -0.15) is 0 Å². The van der Waals surface area contributed by atoms with Crippen LogP contribution in [0, 0.1) is 6.92 Å². The standard InChI is InChI=1S/C15H17N3O2S/c1-9-13(21-8-17-9)7-16-15(20)18-14-11-5-3-2-4-10(11)6-12(14)19/h2-5,8,12,14,19H,6-7H2,1H3,(H2,16,18,20)/t12-,14+/m1/s1. The van der Waals surface area contributed by atoms with Crippen molar-refractivity contribution in [1.29, 1.82) is 0 Å². The van der Waals surface area contributed by atoms with E-state index in [9.17, 15) is 9.90 Å². The quantitative estimate of drug-likeness (QED) is 0.811. The molecular weight excluding hydrogens is 286 g/mol. The smallest absolute Gasteiger partial charge is 0.315 e. The number of carbonyl (C=O) groups is 1. The first kappa shape index (κ1) is 14.0. The lowest BCUT2D eigenvalue weighted by Crippen LogP contribution is -2.40. The fraction of sp³-hybridized carbons (Fsp3) is 0.333. The van der Waals surface area contributed by atoms with Crippen molar-refractivity contribution in [3.05, 3.63) is 51.5 Å². The van der Waals surface area contributed by atoms with E-state index in [2.05, 4.69) is 15.6 Å². The molecule has 3 N–H and O–H groups in total. The number of aromatic nitrogens is 1. The number of benzene rings is 1. The fourth-order valence-electron chi connectivity index (χ4n) is 2.60. The molecule has 2 atom stereocenters. The molecule has 0 bridgehead atoms. The van der Waals surface area contributed by atoms with Crippen molar-refractivity contribution in [3.8, 4) is 0 Å². The number of thiazole rings is 1. The summed E-state index contributed by atoms with van der Waals surface area (Å²) < 4.78 is 0. The highest BCUT2D eigenvalue weighted by atomic mass is 32.1. The Morgan fingerprint density at radius 2 is 2.29 bits per heavy atom. The van der Waals surface area contributed by atoms with Crippen LogP contribution in [0.25, 0.3) is 0 Å². The predicted octanol–water partition coefficient (Wildman–Crippen LogP) is 1.91. The minimum atomic E-state index is -0.571. The molecule has 21 heavy (non-hydrogen) atoms. The third-order valence-electron chi connectivity index (χ3n) is 3.74. The van der Waals surface area contributed by atoms with E-state index in [-0.39, 0.29) is 12.1 Å². The van der Waals surface area contributed by atoms with Gasteiger partial charge in [0.05, 0.1) is 29.9 Å². The number of fused-ring (bicyclic) bond motifs is 1. The summed E-state index contributed by atoms with van der Waals surface area (Å²) in [6, 6.07) is 7.18. The van der Waals surface area contributed by atoms with Gasteiger partial charge in [-0.05, 0) is 18.1 Å². The molecule has 6 heteroatoms. The molecule has 3 rings (SSSR count). The summed E-state index contributed by atoms with van der Waals surface area (Å²) in [5.74, 6) is 0. The number of nitrogens with one attached hydrogen (secondary N) is 2. The molecule has 1 aliphatic rings. The zero-order valence-electron chi connectivity index (χ0n) is 11.7. The second-order valence-electron chi connectivity index (χ2n) is 5.14. The molecule has 5 nitrogen and oxygen atoms in total. The van der Waals surface area contributed by atoms with Crippen molar-refractivity contribution in [3.63, 3.8) is 0 Å². The Morgan fingerprint density at radius 3 is 3.05 bits per heavy atom. The van der Waals surface area contributed by atoms with Crippen molar-refractivity contribution in [2.75, 3.05) is 0 Å². The summed E-state index contributed by atoms with van der Waals surface area (Å²) in [6.45, 7) is 2.37. The molecule has 1 aliphatic carbocycles. The predicted molar refractivity (Wildman–Crippen MR) is 81.1 cm³/mol. The number of hydrogen-bond acceptors (Lipinski definition) is 4. The lowest BCUT2D eigenvalue weighted by atomic mass is 10.1. The number of nitrogens with zero attached hydrogens (tertiary/aromatic N) is 1. The van der Waals surface area contributed by atoms with Crippen molar-refractivity contribution in [1.82, 2.24) is 15.6 Å². The van der Waals surface area contributed by atoms with E-state index in [1.54, 1.807) is 5.51 Å². The first-order valence-electron chi connectivity index (χ1n) is 6.84. The van der Waals surface area contributed by atoms with Crippen LogP contribution >= 0.6 is 11.3 Å². The summed E-state index contributed by atoms with van der Waals surface area (Å²) in [7, 11) is 0. The molecule has 1 aromatic heterocycles. The monoisotopic (exact) mass is 303 g/mol. The van der Waals surface area contributed by atoms with Crippen molar-refractivity contribution >= 4 is 17.4 Å². The summed E-state index contributed by atoms with van der Waals surface area (Å²) in [4.78, 5) is 17.2. The van der Waals surface area contributed by atoms with E-state index in [1.165, 1.54) is 11.3 Å². The number of aliphatic hydroxyl groups is 1. The zero-order valence-corrected chi connectivity index (χ0v) is 12.5. The average molecular weight is 303 g/mol. The van der Waals surface area contributed by atoms with Gasteiger partial charge in [0, 0.05) is 11.3 Å². The van der Waals surface area contributed by atoms with Crippen LogP contribution in [0.2, 0.25) is 0 Å². The van der Waals surface area contributed by atoms with Gasteiger partial charge in [0.1, 0.15) is 0 Å². The minimum absolute atomic E-state index is 0.274. The summed E-state index contributed by atoms with van der Waals surface area (Å²) >= 11 is 1.52. The lowest BCUT2D eigenvalue weighted by molar-refractivity contribution is 0.142. The second-order valence-corrected chi connectivity index (χ2v) is 6.08. The van der Waals surface area contributed by atoms with Gasteiger partial charge in [0.15, 0.2) is 0 Å². The third-order valence-corrected chi connectivity index (χ3v) is 4.68. The Morgan fingerprint density at radius 1 is 1.48 bits per heavy atom. The number of aliphatic hydroxyl groups excluding tert-OH is 1. The van der Waals surface area contributed by atoms with E-state index in [0.29, 0.717) is 13.0 Å². The molecule has 0 radical (unpaired) electrons. The van der Waals surface area contributed by atoms with Gasteiger partial charge >= 0.3 is 6.03 Å². The molecule has 0 unspecified atom stereocenters. The molecule has 0 saturated carbocycles. The van der Waals surface area contributed by atoms with E-state index in [0.717, 1.165) is 21.7 Å². The van der Waals surface area contributed by atoms with Gasteiger partial charge in [-0.15, -0.1) is 11.3 Å². The van der Waals surface area contributed by atoms with Gasteiger partial charge in [0.25, 0.3) is 0 Å². The molecule has 1 aromatic carbocycles. The van der Waals surface area contributed by atoms with E-state index in [1.807, 2.05) is 31.2 Å². The summed E-state index contributed by atoms with van der Waals surface area (Å²) in [5.41, 5.74) is 4.79. The minimum Gasteiger partial charge on any atom is -0.390 e. The summed E-state index contributed by atoms with van der Waals surface area (Å²) in [5, 5.41) is 15.8. The van der Waals surface area contributed by atoms with Crippen LogP contribution in [0.4, 0.5) is 4.79 Å². The van der Waals surface area contributed by atoms with Crippen molar-refractivity contribution in [2.24, 2.45) is 0 Å². The maximum absolute atomic E-state index is 12.0. The third kappa shape index (κ3) is 2.91. The van der Waals surface area contributed by atoms with Crippen LogP contribution in [0.5, 0.6) is 0 Å². The van der Waals surface area contributed by atoms with Crippen LogP contribution in [0.15, 0.2) is 29.8 Å². The van der Waals surface area contributed by atoms with Gasteiger partial charge in [-0.3, -0.25) is 0 Å². The highest BCUT2D eigenvalue weighted by Gasteiger charge is 2.31. The number of urea groups is 1. The topological polar surface area (TPSA) is 74.2 Å². The molecule has 1 heterocycles. The Kier molecular flexibility index (Phi) is 3.90. The molecule has 0 saturated heterocycles. The maximum atomic E-state index is 12.0. The Hall–Kier alpha value is -1.92. The number of amides is 2. The first-order chi connectivity index (χ1) is 10.1. The highest BCUT2D eigenvalue weighted by Crippen LogP contribution is 2.31. The molecule has 2 amide bonds. The van der Waals surface area contributed by atoms with Crippen LogP contribution in [-0.4, -0.2) is 22.2 Å². The number of aryl methyl sites for hydroxylation is 1. The molecule has 0 fully saturated rings. The van der Waals surface area contributed by atoms with Gasteiger partial charge in [-0.25, -0.2) is 9.78 Å². The SMILES string of the molecule is Cc1ncsc1CNC(=O)N[C@H]1c2ccccc2C[C@H]1O.